The zero-order valence-electron chi connectivity index (χ0n) is 12.8. The Morgan fingerprint density at radius 1 is 1.22 bits per heavy atom. The summed E-state index contributed by atoms with van der Waals surface area (Å²) in [4.78, 5) is 22.4. The molecule has 0 radical (unpaired) electrons. The summed E-state index contributed by atoms with van der Waals surface area (Å²) < 4.78 is 5.46. The number of nitrogens with zero attached hydrogens (tertiary/aromatic N) is 1. The van der Waals surface area contributed by atoms with Gasteiger partial charge in [0, 0.05) is 23.7 Å². The highest BCUT2D eigenvalue weighted by Crippen LogP contribution is 2.19. The average molecular weight is 314 g/mol. The van der Waals surface area contributed by atoms with Crippen LogP contribution in [0.2, 0.25) is 0 Å². The monoisotopic (exact) mass is 314 g/mol. The fourth-order valence-electron chi connectivity index (χ4n) is 2.05. The maximum atomic E-state index is 12.0. The highest BCUT2D eigenvalue weighted by molar-refractivity contribution is 5.94. The van der Waals surface area contributed by atoms with Gasteiger partial charge in [-0.05, 0) is 18.6 Å². The number of nitrogens with one attached hydrogen (secondary N) is 1. The predicted octanol–water partition coefficient (Wildman–Crippen LogP) is 2.85. The van der Waals surface area contributed by atoms with Crippen LogP contribution in [0.1, 0.15) is 21.5 Å². The quantitative estimate of drug-likeness (QED) is 0.484. The number of carbonyl (C=O) groups is 1. The molecule has 2 rings (SSSR count). The van der Waals surface area contributed by atoms with E-state index in [-0.39, 0.29) is 17.2 Å². The van der Waals surface area contributed by atoms with Crippen LogP contribution in [0.25, 0.3) is 0 Å². The van der Waals surface area contributed by atoms with Gasteiger partial charge in [0.15, 0.2) is 0 Å². The van der Waals surface area contributed by atoms with Gasteiger partial charge in [-0.2, -0.15) is 0 Å². The van der Waals surface area contributed by atoms with Crippen molar-refractivity contribution in [3.05, 3.63) is 75.3 Å². The van der Waals surface area contributed by atoms with E-state index in [0.29, 0.717) is 25.3 Å². The molecule has 0 aromatic heterocycles. The van der Waals surface area contributed by atoms with E-state index in [2.05, 4.69) is 5.32 Å². The van der Waals surface area contributed by atoms with Crippen molar-refractivity contribution < 1.29 is 14.5 Å². The fourth-order valence-corrected chi connectivity index (χ4v) is 2.05. The lowest BCUT2D eigenvalue weighted by molar-refractivity contribution is -0.385. The smallest absolute Gasteiger partial charge is 0.273 e. The Kier molecular flexibility index (Phi) is 5.82. The molecule has 0 atom stereocenters. The van der Waals surface area contributed by atoms with E-state index in [9.17, 15) is 14.9 Å². The molecule has 0 spiro atoms. The largest absolute Gasteiger partial charge is 0.375 e. The number of amides is 1. The highest BCUT2D eigenvalue weighted by atomic mass is 16.6. The molecule has 0 bridgehead atoms. The summed E-state index contributed by atoms with van der Waals surface area (Å²) in [5, 5.41) is 13.6. The number of aryl methyl sites for hydroxylation is 1. The number of ether oxygens (including phenoxy) is 1. The van der Waals surface area contributed by atoms with Crippen LogP contribution in [0.3, 0.4) is 0 Å². The van der Waals surface area contributed by atoms with E-state index in [4.69, 9.17) is 4.74 Å². The van der Waals surface area contributed by atoms with Crippen LogP contribution < -0.4 is 5.32 Å². The van der Waals surface area contributed by atoms with Crippen LogP contribution in [0, 0.1) is 17.0 Å². The number of benzene rings is 2. The molecule has 0 fully saturated rings. The number of nitro benzene ring substituents is 1. The minimum atomic E-state index is -0.491. The Labute approximate surface area is 134 Å². The molecule has 0 unspecified atom stereocenters. The van der Waals surface area contributed by atoms with Crippen molar-refractivity contribution in [1.82, 2.24) is 5.32 Å². The standard InChI is InChI=1S/C17H18N2O4/c1-13-7-8-15(11-16(13)19(21)22)17(20)18-9-10-23-12-14-5-3-2-4-6-14/h2-8,11H,9-10,12H2,1H3,(H,18,20). The van der Waals surface area contributed by atoms with Crippen molar-refractivity contribution in [2.75, 3.05) is 13.2 Å². The molecule has 0 saturated heterocycles. The fraction of sp³-hybridized carbons (Fsp3) is 0.235. The van der Waals surface area contributed by atoms with Crippen LogP contribution in [-0.2, 0) is 11.3 Å². The van der Waals surface area contributed by atoms with Gasteiger partial charge in [0.05, 0.1) is 18.1 Å². The summed E-state index contributed by atoms with van der Waals surface area (Å²) in [6.07, 6.45) is 0. The first kappa shape index (κ1) is 16.6. The molecule has 2 aromatic rings. The van der Waals surface area contributed by atoms with Gasteiger partial charge in [-0.3, -0.25) is 14.9 Å². The molecule has 0 heterocycles. The van der Waals surface area contributed by atoms with Crippen LogP contribution in [-0.4, -0.2) is 24.0 Å². The second kappa shape index (κ2) is 8.05. The molecule has 0 aliphatic carbocycles. The van der Waals surface area contributed by atoms with E-state index in [1.807, 2.05) is 30.3 Å². The zero-order chi connectivity index (χ0) is 16.7. The summed E-state index contributed by atoms with van der Waals surface area (Å²) in [6.45, 7) is 2.83. The molecule has 23 heavy (non-hydrogen) atoms. The highest BCUT2D eigenvalue weighted by Gasteiger charge is 2.14. The van der Waals surface area contributed by atoms with Crippen molar-refractivity contribution in [3.8, 4) is 0 Å². The third-order valence-electron chi connectivity index (χ3n) is 3.31. The van der Waals surface area contributed by atoms with Crippen molar-refractivity contribution in [2.45, 2.75) is 13.5 Å². The maximum Gasteiger partial charge on any atom is 0.273 e. The molecule has 120 valence electrons. The summed E-state index contributed by atoms with van der Waals surface area (Å²) in [6, 6.07) is 14.2. The maximum absolute atomic E-state index is 12.0. The Morgan fingerprint density at radius 3 is 2.65 bits per heavy atom. The number of carbonyl (C=O) groups excluding carboxylic acids is 1. The first-order chi connectivity index (χ1) is 11.1. The molecule has 2 aromatic carbocycles. The normalized spacial score (nSPS) is 10.3. The van der Waals surface area contributed by atoms with Gasteiger partial charge < -0.3 is 10.1 Å². The van der Waals surface area contributed by atoms with E-state index in [1.165, 1.54) is 6.07 Å². The van der Waals surface area contributed by atoms with Gasteiger partial charge in [0.25, 0.3) is 11.6 Å². The molecule has 6 nitrogen and oxygen atoms in total. The first-order valence-corrected chi connectivity index (χ1v) is 7.23. The number of nitro groups is 1. The van der Waals surface area contributed by atoms with E-state index < -0.39 is 4.92 Å². The molecule has 0 aliphatic heterocycles. The Balaban J connectivity index is 1.79. The lowest BCUT2D eigenvalue weighted by Crippen LogP contribution is -2.27. The van der Waals surface area contributed by atoms with Gasteiger partial charge in [0.2, 0.25) is 0 Å². The molecular weight excluding hydrogens is 296 g/mol. The van der Waals surface area contributed by atoms with Gasteiger partial charge in [0.1, 0.15) is 0 Å². The minimum absolute atomic E-state index is 0.0574. The predicted molar refractivity (Wildman–Crippen MR) is 86.3 cm³/mol. The Morgan fingerprint density at radius 2 is 1.96 bits per heavy atom. The lowest BCUT2D eigenvalue weighted by Gasteiger charge is -2.07. The van der Waals surface area contributed by atoms with Gasteiger partial charge >= 0.3 is 0 Å². The lowest BCUT2D eigenvalue weighted by atomic mass is 10.1. The Hall–Kier alpha value is -2.73. The Bertz CT molecular complexity index is 686. The molecule has 1 amide bonds. The van der Waals surface area contributed by atoms with E-state index in [1.54, 1.807) is 19.1 Å². The second-order valence-electron chi connectivity index (χ2n) is 5.05. The van der Waals surface area contributed by atoms with Crippen LogP contribution in [0.4, 0.5) is 5.69 Å². The first-order valence-electron chi connectivity index (χ1n) is 7.23. The molecule has 0 saturated carbocycles. The number of rotatable bonds is 7. The van der Waals surface area contributed by atoms with Crippen LogP contribution in [0.5, 0.6) is 0 Å². The summed E-state index contributed by atoms with van der Waals surface area (Å²) in [5.41, 5.74) is 1.80. The third kappa shape index (κ3) is 4.89. The summed E-state index contributed by atoms with van der Waals surface area (Å²) in [5.74, 6) is -0.351. The summed E-state index contributed by atoms with van der Waals surface area (Å²) >= 11 is 0. The van der Waals surface area contributed by atoms with Crippen molar-refractivity contribution >= 4 is 11.6 Å². The second-order valence-corrected chi connectivity index (χ2v) is 5.05. The average Bonchev–Trinajstić information content (AvgIpc) is 2.55. The molecular formula is C17H18N2O4. The van der Waals surface area contributed by atoms with Crippen LogP contribution in [0.15, 0.2) is 48.5 Å². The molecule has 6 heteroatoms. The van der Waals surface area contributed by atoms with E-state index in [0.717, 1.165) is 5.56 Å². The SMILES string of the molecule is Cc1ccc(C(=O)NCCOCc2ccccc2)cc1[N+](=O)[O-]. The topological polar surface area (TPSA) is 81.5 Å². The molecule has 0 aliphatic rings. The summed E-state index contributed by atoms with van der Waals surface area (Å²) in [7, 11) is 0. The van der Waals surface area contributed by atoms with Crippen LogP contribution >= 0.6 is 0 Å². The van der Waals surface area contributed by atoms with Gasteiger partial charge in [-0.1, -0.05) is 36.4 Å². The minimum Gasteiger partial charge on any atom is -0.375 e. The zero-order valence-corrected chi connectivity index (χ0v) is 12.8. The van der Waals surface area contributed by atoms with Crippen molar-refractivity contribution in [3.63, 3.8) is 0 Å². The molecule has 1 N–H and O–H groups in total. The number of hydrogen-bond acceptors (Lipinski definition) is 4. The van der Waals surface area contributed by atoms with E-state index >= 15 is 0 Å². The van der Waals surface area contributed by atoms with Gasteiger partial charge in [-0.15, -0.1) is 0 Å². The number of hydrogen-bond donors (Lipinski definition) is 1. The third-order valence-corrected chi connectivity index (χ3v) is 3.31. The van der Waals surface area contributed by atoms with Crippen molar-refractivity contribution in [1.29, 1.82) is 0 Å². The van der Waals surface area contributed by atoms with Crippen molar-refractivity contribution in [2.24, 2.45) is 0 Å². The van der Waals surface area contributed by atoms with Gasteiger partial charge in [-0.25, -0.2) is 0 Å².